The highest BCUT2D eigenvalue weighted by Gasteiger charge is 2.45. The maximum Gasteiger partial charge on any atom is 0.326 e. The van der Waals surface area contributed by atoms with Crippen LogP contribution in [0.1, 0.15) is 33.1 Å². The summed E-state index contributed by atoms with van der Waals surface area (Å²) in [6.07, 6.45) is 1.62. The van der Waals surface area contributed by atoms with Gasteiger partial charge in [0.25, 0.3) is 0 Å². The van der Waals surface area contributed by atoms with Gasteiger partial charge >= 0.3 is 5.97 Å². The van der Waals surface area contributed by atoms with Gasteiger partial charge < -0.3 is 15.6 Å². The molecule has 0 bridgehead atoms. The molecule has 0 saturated carbocycles. The van der Waals surface area contributed by atoms with E-state index in [1.165, 1.54) is 0 Å². The Balaban J connectivity index is 2.72. The Hall–Kier alpha value is -0.610. The first kappa shape index (κ1) is 11.5. The quantitative estimate of drug-likeness (QED) is 0.714. The molecule has 1 fully saturated rings. The molecule has 0 amide bonds. The monoisotopic (exact) mass is 201 g/mol. The Kier molecular flexibility index (Phi) is 3.50. The molecule has 82 valence electrons. The lowest BCUT2D eigenvalue weighted by atomic mass is 9.82. The van der Waals surface area contributed by atoms with Gasteiger partial charge in [-0.2, -0.15) is 0 Å². The van der Waals surface area contributed by atoms with Gasteiger partial charge in [0.15, 0.2) is 0 Å². The van der Waals surface area contributed by atoms with Crippen molar-refractivity contribution in [2.75, 3.05) is 6.61 Å². The molecular formula is C10H19NO3. The number of carbonyl (C=O) groups is 1. The van der Waals surface area contributed by atoms with E-state index < -0.39 is 11.5 Å². The Morgan fingerprint density at radius 3 is 2.86 bits per heavy atom. The van der Waals surface area contributed by atoms with Crippen molar-refractivity contribution in [2.24, 2.45) is 11.7 Å². The third-order valence-corrected chi connectivity index (χ3v) is 2.71. The van der Waals surface area contributed by atoms with E-state index >= 15 is 0 Å². The van der Waals surface area contributed by atoms with E-state index in [4.69, 9.17) is 15.6 Å². The molecule has 0 radical (unpaired) electrons. The first-order chi connectivity index (χ1) is 6.47. The molecule has 0 spiro atoms. The summed E-state index contributed by atoms with van der Waals surface area (Å²) in [6.45, 7) is 4.71. The van der Waals surface area contributed by atoms with Crippen molar-refractivity contribution in [2.45, 2.75) is 44.8 Å². The fraction of sp³-hybridized carbons (Fsp3) is 0.900. The molecule has 4 heteroatoms. The number of hydrogen-bond acceptors (Lipinski definition) is 3. The van der Waals surface area contributed by atoms with Gasteiger partial charge in [0.1, 0.15) is 5.54 Å². The SMILES string of the molecule is CC(C)CC1OCCCC1(N)C(=O)O. The van der Waals surface area contributed by atoms with Gasteiger partial charge in [-0.1, -0.05) is 13.8 Å². The summed E-state index contributed by atoms with van der Waals surface area (Å²) in [7, 11) is 0. The third-order valence-electron chi connectivity index (χ3n) is 2.71. The summed E-state index contributed by atoms with van der Waals surface area (Å²) in [5.74, 6) is -0.539. The van der Waals surface area contributed by atoms with Crippen molar-refractivity contribution < 1.29 is 14.6 Å². The first-order valence-corrected chi connectivity index (χ1v) is 5.10. The van der Waals surface area contributed by atoms with Crippen molar-refractivity contribution in [3.8, 4) is 0 Å². The minimum Gasteiger partial charge on any atom is -0.480 e. The second kappa shape index (κ2) is 4.28. The highest BCUT2D eigenvalue weighted by molar-refractivity contribution is 5.79. The van der Waals surface area contributed by atoms with Gasteiger partial charge in [-0.25, -0.2) is 0 Å². The van der Waals surface area contributed by atoms with Gasteiger partial charge in [-0.15, -0.1) is 0 Å². The van der Waals surface area contributed by atoms with Crippen LogP contribution in [0.15, 0.2) is 0 Å². The summed E-state index contributed by atoms with van der Waals surface area (Å²) in [4.78, 5) is 11.1. The summed E-state index contributed by atoms with van der Waals surface area (Å²) in [5.41, 5.74) is 4.69. The van der Waals surface area contributed by atoms with Crippen molar-refractivity contribution in [1.29, 1.82) is 0 Å². The average Bonchev–Trinajstić information content (AvgIpc) is 2.08. The third kappa shape index (κ3) is 2.25. The zero-order valence-corrected chi connectivity index (χ0v) is 8.82. The topological polar surface area (TPSA) is 72.5 Å². The molecule has 0 aromatic rings. The van der Waals surface area contributed by atoms with Crippen LogP contribution in [0.4, 0.5) is 0 Å². The fourth-order valence-corrected chi connectivity index (χ4v) is 1.85. The van der Waals surface area contributed by atoms with Gasteiger partial charge in [-0.05, 0) is 25.2 Å². The van der Waals surface area contributed by atoms with Crippen molar-refractivity contribution in [3.05, 3.63) is 0 Å². The van der Waals surface area contributed by atoms with E-state index in [0.717, 1.165) is 6.42 Å². The van der Waals surface area contributed by atoms with Crippen LogP contribution in [-0.2, 0) is 9.53 Å². The molecule has 1 aliphatic heterocycles. The van der Waals surface area contributed by atoms with E-state index in [2.05, 4.69) is 0 Å². The molecule has 1 saturated heterocycles. The molecule has 2 atom stereocenters. The zero-order valence-electron chi connectivity index (χ0n) is 8.82. The average molecular weight is 201 g/mol. The zero-order chi connectivity index (χ0) is 10.8. The lowest BCUT2D eigenvalue weighted by Gasteiger charge is -2.38. The Bertz CT molecular complexity index is 217. The smallest absolute Gasteiger partial charge is 0.326 e. The van der Waals surface area contributed by atoms with E-state index in [0.29, 0.717) is 25.4 Å². The molecule has 1 heterocycles. The number of carboxylic acids is 1. The number of hydrogen-bond donors (Lipinski definition) is 2. The summed E-state index contributed by atoms with van der Waals surface area (Å²) in [6, 6.07) is 0. The lowest BCUT2D eigenvalue weighted by Crippen LogP contribution is -2.60. The minimum atomic E-state index is -1.18. The van der Waals surface area contributed by atoms with Crippen LogP contribution in [0.2, 0.25) is 0 Å². The second-order valence-electron chi connectivity index (χ2n) is 4.44. The number of aliphatic carboxylic acids is 1. The van der Waals surface area contributed by atoms with Gasteiger partial charge in [0.05, 0.1) is 6.10 Å². The fourth-order valence-electron chi connectivity index (χ4n) is 1.85. The number of nitrogens with two attached hydrogens (primary N) is 1. The van der Waals surface area contributed by atoms with Crippen LogP contribution in [-0.4, -0.2) is 29.3 Å². The summed E-state index contributed by atoms with van der Waals surface area (Å²) >= 11 is 0. The molecule has 4 nitrogen and oxygen atoms in total. The van der Waals surface area contributed by atoms with Crippen molar-refractivity contribution >= 4 is 5.97 Å². The molecule has 1 aliphatic rings. The standard InChI is InChI=1S/C10H19NO3/c1-7(2)6-8-10(11,9(12)13)4-3-5-14-8/h7-8H,3-6,11H2,1-2H3,(H,12,13). The maximum absolute atomic E-state index is 11.1. The maximum atomic E-state index is 11.1. The molecule has 0 aliphatic carbocycles. The predicted molar refractivity (Wildman–Crippen MR) is 53.0 cm³/mol. The van der Waals surface area contributed by atoms with Crippen LogP contribution in [0, 0.1) is 5.92 Å². The van der Waals surface area contributed by atoms with Gasteiger partial charge in [0.2, 0.25) is 0 Å². The van der Waals surface area contributed by atoms with E-state index in [-0.39, 0.29) is 6.10 Å². The van der Waals surface area contributed by atoms with E-state index in [1.807, 2.05) is 13.8 Å². The Labute approximate surface area is 84.4 Å². The largest absolute Gasteiger partial charge is 0.480 e. The van der Waals surface area contributed by atoms with Gasteiger partial charge in [-0.3, -0.25) is 4.79 Å². The van der Waals surface area contributed by atoms with Crippen LogP contribution >= 0.6 is 0 Å². The molecule has 1 rings (SSSR count). The molecule has 0 aromatic heterocycles. The normalized spacial score (nSPS) is 33.3. The second-order valence-corrected chi connectivity index (χ2v) is 4.44. The van der Waals surface area contributed by atoms with Crippen molar-refractivity contribution in [3.63, 3.8) is 0 Å². The minimum absolute atomic E-state index is 0.339. The Morgan fingerprint density at radius 2 is 2.36 bits per heavy atom. The predicted octanol–water partition coefficient (Wildman–Crippen LogP) is 0.994. The number of ether oxygens (including phenoxy) is 1. The molecule has 0 aromatic carbocycles. The van der Waals surface area contributed by atoms with Crippen LogP contribution in [0.5, 0.6) is 0 Å². The summed E-state index contributed by atoms with van der Waals surface area (Å²) in [5, 5.41) is 9.08. The van der Waals surface area contributed by atoms with E-state index in [9.17, 15) is 4.79 Å². The number of rotatable bonds is 3. The first-order valence-electron chi connectivity index (χ1n) is 5.10. The summed E-state index contributed by atoms with van der Waals surface area (Å²) < 4.78 is 5.46. The molecule has 3 N–H and O–H groups in total. The van der Waals surface area contributed by atoms with E-state index in [1.54, 1.807) is 0 Å². The van der Waals surface area contributed by atoms with Crippen LogP contribution < -0.4 is 5.73 Å². The Morgan fingerprint density at radius 1 is 1.71 bits per heavy atom. The lowest BCUT2D eigenvalue weighted by molar-refractivity contribution is -0.155. The molecular weight excluding hydrogens is 182 g/mol. The van der Waals surface area contributed by atoms with Gasteiger partial charge in [0, 0.05) is 6.61 Å². The van der Waals surface area contributed by atoms with Crippen LogP contribution in [0.25, 0.3) is 0 Å². The number of carboxylic acid groups (broad SMARTS) is 1. The van der Waals surface area contributed by atoms with Crippen molar-refractivity contribution in [1.82, 2.24) is 0 Å². The highest BCUT2D eigenvalue weighted by Crippen LogP contribution is 2.27. The molecule has 14 heavy (non-hydrogen) atoms. The van der Waals surface area contributed by atoms with Crippen LogP contribution in [0.3, 0.4) is 0 Å². The molecule has 2 unspecified atom stereocenters. The highest BCUT2D eigenvalue weighted by atomic mass is 16.5.